The van der Waals surface area contributed by atoms with Gasteiger partial charge in [-0.15, -0.1) is 0 Å². The third-order valence-electron chi connectivity index (χ3n) is 4.79. The third kappa shape index (κ3) is 3.31. The quantitative estimate of drug-likeness (QED) is 0.871. The Morgan fingerprint density at radius 2 is 2.19 bits per heavy atom. The summed E-state index contributed by atoms with van der Waals surface area (Å²) in [6.07, 6.45) is 7.50. The van der Waals surface area contributed by atoms with Gasteiger partial charge in [-0.3, -0.25) is 4.79 Å². The van der Waals surface area contributed by atoms with E-state index in [4.69, 9.17) is 0 Å². The SMILES string of the molecule is CC1(Nc2c(Br)cnn(CC3CCC3)c2=O)CCNCC1. The predicted octanol–water partition coefficient (Wildman–Crippen LogP) is 2.36. The summed E-state index contributed by atoms with van der Waals surface area (Å²) in [5, 5.41) is 11.1. The Morgan fingerprint density at radius 1 is 1.48 bits per heavy atom. The second kappa shape index (κ2) is 6.08. The Morgan fingerprint density at radius 3 is 2.81 bits per heavy atom. The lowest BCUT2D eigenvalue weighted by atomic mass is 9.85. The molecular formula is C15H23BrN4O. The molecule has 2 fully saturated rings. The van der Waals surface area contributed by atoms with Crippen molar-refractivity contribution in [3.8, 4) is 0 Å². The van der Waals surface area contributed by atoms with Crippen LogP contribution in [0, 0.1) is 5.92 Å². The monoisotopic (exact) mass is 354 g/mol. The highest BCUT2D eigenvalue weighted by atomic mass is 79.9. The van der Waals surface area contributed by atoms with E-state index in [-0.39, 0.29) is 11.1 Å². The van der Waals surface area contributed by atoms with Crippen molar-refractivity contribution < 1.29 is 0 Å². The fourth-order valence-corrected chi connectivity index (χ4v) is 3.40. The number of anilines is 1. The minimum Gasteiger partial charge on any atom is -0.374 e. The molecule has 0 unspecified atom stereocenters. The average Bonchev–Trinajstić information content (AvgIpc) is 2.41. The number of piperidine rings is 1. The lowest BCUT2D eigenvalue weighted by Crippen LogP contribution is -2.47. The first-order valence-corrected chi connectivity index (χ1v) is 8.61. The zero-order chi connectivity index (χ0) is 14.9. The van der Waals surface area contributed by atoms with E-state index in [1.807, 2.05) is 0 Å². The molecule has 5 nitrogen and oxygen atoms in total. The summed E-state index contributed by atoms with van der Waals surface area (Å²) in [7, 11) is 0. The number of nitrogens with one attached hydrogen (secondary N) is 2. The van der Waals surface area contributed by atoms with Crippen molar-refractivity contribution in [3.63, 3.8) is 0 Å². The molecule has 1 aliphatic carbocycles. The molecule has 0 spiro atoms. The highest BCUT2D eigenvalue weighted by Crippen LogP contribution is 2.29. The maximum absolute atomic E-state index is 12.7. The third-order valence-corrected chi connectivity index (χ3v) is 5.39. The van der Waals surface area contributed by atoms with E-state index >= 15 is 0 Å². The lowest BCUT2D eigenvalue weighted by Gasteiger charge is -2.36. The van der Waals surface area contributed by atoms with Gasteiger partial charge in [-0.05, 0) is 67.5 Å². The topological polar surface area (TPSA) is 59.0 Å². The Balaban J connectivity index is 1.82. The van der Waals surface area contributed by atoms with Gasteiger partial charge < -0.3 is 10.6 Å². The highest BCUT2D eigenvalue weighted by molar-refractivity contribution is 9.10. The minimum atomic E-state index is -0.0252. The number of hydrogen-bond acceptors (Lipinski definition) is 4. The lowest BCUT2D eigenvalue weighted by molar-refractivity contribution is 0.261. The normalized spacial score (nSPS) is 21.8. The summed E-state index contributed by atoms with van der Waals surface area (Å²) in [5.74, 6) is 0.624. The molecule has 1 aliphatic heterocycles. The average molecular weight is 355 g/mol. The van der Waals surface area contributed by atoms with Gasteiger partial charge >= 0.3 is 0 Å². The summed E-state index contributed by atoms with van der Waals surface area (Å²) >= 11 is 3.48. The van der Waals surface area contributed by atoms with Crippen LogP contribution >= 0.6 is 15.9 Å². The Kier molecular flexibility index (Phi) is 4.36. The number of rotatable bonds is 4. The minimum absolute atomic E-state index is 0.00367. The summed E-state index contributed by atoms with van der Waals surface area (Å²) in [5.41, 5.74) is 0.632. The molecule has 2 N–H and O–H groups in total. The van der Waals surface area contributed by atoms with Gasteiger partial charge in [-0.1, -0.05) is 6.42 Å². The molecule has 0 atom stereocenters. The molecule has 1 aromatic heterocycles. The van der Waals surface area contributed by atoms with Crippen LogP contribution in [0.3, 0.4) is 0 Å². The maximum Gasteiger partial charge on any atom is 0.291 e. The van der Waals surface area contributed by atoms with E-state index in [0.29, 0.717) is 11.6 Å². The molecule has 2 heterocycles. The van der Waals surface area contributed by atoms with Crippen molar-refractivity contribution in [2.24, 2.45) is 5.92 Å². The van der Waals surface area contributed by atoms with Crippen molar-refractivity contribution in [2.45, 2.75) is 51.1 Å². The molecule has 21 heavy (non-hydrogen) atoms. The van der Waals surface area contributed by atoms with Gasteiger partial charge in [-0.2, -0.15) is 5.10 Å². The van der Waals surface area contributed by atoms with E-state index in [2.05, 4.69) is 38.6 Å². The highest BCUT2D eigenvalue weighted by Gasteiger charge is 2.28. The fourth-order valence-electron chi connectivity index (χ4n) is 3.04. The van der Waals surface area contributed by atoms with Gasteiger partial charge in [0.25, 0.3) is 5.56 Å². The molecular weight excluding hydrogens is 332 g/mol. The standard InChI is InChI=1S/C15H23BrN4O/c1-15(5-7-17-8-6-15)19-13-12(16)9-18-20(14(13)21)10-11-3-2-4-11/h9,11,17,19H,2-8,10H2,1H3. The molecule has 2 aliphatic rings. The van der Waals surface area contributed by atoms with Crippen molar-refractivity contribution in [3.05, 3.63) is 21.0 Å². The van der Waals surface area contributed by atoms with Crippen LogP contribution in [-0.4, -0.2) is 28.4 Å². The summed E-state index contributed by atoms with van der Waals surface area (Å²) in [4.78, 5) is 12.7. The van der Waals surface area contributed by atoms with E-state index in [1.54, 1.807) is 10.9 Å². The molecule has 1 aromatic rings. The smallest absolute Gasteiger partial charge is 0.291 e. The molecule has 1 saturated heterocycles. The number of halogens is 1. The molecule has 1 saturated carbocycles. The Bertz CT molecular complexity index is 561. The van der Waals surface area contributed by atoms with E-state index < -0.39 is 0 Å². The Hall–Kier alpha value is -0.880. The van der Waals surface area contributed by atoms with Gasteiger partial charge in [0.2, 0.25) is 0 Å². The van der Waals surface area contributed by atoms with Crippen LogP contribution in [0.25, 0.3) is 0 Å². The van der Waals surface area contributed by atoms with Crippen LogP contribution in [0.2, 0.25) is 0 Å². The zero-order valence-corrected chi connectivity index (χ0v) is 14.1. The first-order chi connectivity index (χ1) is 10.1. The van der Waals surface area contributed by atoms with Crippen molar-refractivity contribution in [1.82, 2.24) is 15.1 Å². The van der Waals surface area contributed by atoms with Gasteiger partial charge in [0.15, 0.2) is 0 Å². The van der Waals surface area contributed by atoms with Crippen LogP contribution in [0.4, 0.5) is 5.69 Å². The number of nitrogens with zero attached hydrogens (tertiary/aromatic N) is 2. The van der Waals surface area contributed by atoms with Crippen LogP contribution in [-0.2, 0) is 6.54 Å². The van der Waals surface area contributed by atoms with Crippen LogP contribution in [0.5, 0.6) is 0 Å². The first kappa shape index (κ1) is 15.0. The van der Waals surface area contributed by atoms with E-state index in [0.717, 1.165) is 36.9 Å². The maximum atomic E-state index is 12.7. The first-order valence-electron chi connectivity index (χ1n) is 7.82. The van der Waals surface area contributed by atoms with Crippen LogP contribution in [0.15, 0.2) is 15.5 Å². The molecule has 6 heteroatoms. The molecule has 0 bridgehead atoms. The second-order valence-electron chi connectivity index (χ2n) is 6.59. The zero-order valence-electron chi connectivity index (χ0n) is 12.5. The van der Waals surface area contributed by atoms with Crippen molar-refractivity contribution >= 4 is 21.6 Å². The van der Waals surface area contributed by atoms with Gasteiger partial charge in [0, 0.05) is 12.1 Å². The largest absolute Gasteiger partial charge is 0.374 e. The summed E-state index contributed by atoms with van der Waals surface area (Å²) in [6, 6.07) is 0. The molecule has 3 rings (SSSR count). The molecule has 0 amide bonds. The molecule has 0 aromatic carbocycles. The predicted molar refractivity (Wildman–Crippen MR) is 87.7 cm³/mol. The summed E-state index contributed by atoms with van der Waals surface area (Å²) in [6.45, 7) is 4.92. The second-order valence-corrected chi connectivity index (χ2v) is 7.44. The molecule has 0 radical (unpaired) electrons. The van der Waals surface area contributed by atoms with Crippen molar-refractivity contribution in [2.75, 3.05) is 18.4 Å². The summed E-state index contributed by atoms with van der Waals surface area (Å²) < 4.78 is 2.39. The number of aromatic nitrogens is 2. The molecule has 116 valence electrons. The Labute approximate surface area is 133 Å². The van der Waals surface area contributed by atoms with E-state index in [9.17, 15) is 4.79 Å². The van der Waals surface area contributed by atoms with Gasteiger partial charge in [0.1, 0.15) is 5.69 Å². The van der Waals surface area contributed by atoms with Crippen LogP contribution < -0.4 is 16.2 Å². The van der Waals surface area contributed by atoms with Crippen LogP contribution in [0.1, 0.15) is 39.0 Å². The van der Waals surface area contributed by atoms with Gasteiger partial charge in [-0.25, -0.2) is 4.68 Å². The number of hydrogen-bond donors (Lipinski definition) is 2. The van der Waals surface area contributed by atoms with Gasteiger partial charge in [0.05, 0.1) is 10.7 Å². The van der Waals surface area contributed by atoms with E-state index in [1.165, 1.54) is 19.3 Å². The fraction of sp³-hybridized carbons (Fsp3) is 0.733. The van der Waals surface area contributed by atoms with Crippen molar-refractivity contribution in [1.29, 1.82) is 0 Å².